The van der Waals surface area contributed by atoms with Gasteiger partial charge in [-0.25, -0.2) is 28.1 Å². The topological polar surface area (TPSA) is 105 Å². The lowest BCUT2D eigenvalue weighted by Crippen LogP contribution is -2.43. The molecule has 0 aliphatic rings. The van der Waals surface area contributed by atoms with E-state index in [1.54, 1.807) is 24.3 Å². The van der Waals surface area contributed by atoms with Crippen molar-refractivity contribution in [3.8, 4) is 6.07 Å². The minimum atomic E-state index is -1.90. The molecule has 0 fully saturated rings. The Morgan fingerprint density at radius 3 is 2.39 bits per heavy atom. The summed E-state index contributed by atoms with van der Waals surface area (Å²) in [5, 5.41) is 29.2. The van der Waals surface area contributed by atoms with Crippen molar-refractivity contribution in [1.29, 1.82) is 5.26 Å². The van der Waals surface area contributed by atoms with E-state index >= 15 is 0 Å². The monoisotopic (exact) mass is 421 g/mol. The van der Waals surface area contributed by atoms with Gasteiger partial charge in [0, 0.05) is 11.6 Å². The van der Waals surface area contributed by atoms with E-state index in [-0.39, 0.29) is 18.5 Å². The fourth-order valence-electron chi connectivity index (χ4n) is 3.57. The molecule has 4 rings (SSSR count). The van der Waals surface area contributed by atoms with Crippen LogP contribution in [0, 0.1) is 23.0 Å². The van der Waals surface area contributed by atoms with Crippen molar-refractivity contribution in [3.63, 3.8) is 0 Å². The van der Waals surface area contributed by atoms with Crippen LogP contribution in [0.4, 0.5) is 8.78 Å². The molecule has 1 N–H and O–H groups in total. The molecule has 0 aliphatic heterocycles. The summed E-state index contributed by atoms with van der Waals surface area (Å²) in [5.74, 6) is -1.65. The number of nitriles is 1. The molecule has 2 aromatic heterocycles. The predicted octanol–water partition coefficient (Wildman–Crippen LogP) is 2.39. The molecule has 0 saturated heterocycles. The number of halogens is 2. The van der Waals surface area contributed by atoms with E-state index in [9.17, 15) is 13.9 Å². The van der Waals surface area contributed by atoms with Gasteiger partial charge in [0.05, 0.1) is 24.2 Å². The summed E-state index contributed by atoms with van der Waals surface area (Å²) in [4.78, 5) is 7.85. The lowest BCUT2D eigenvalue weighted by Gasteiger charge is -2.36. The first kappa shape index (κ1) is 20.3. The number of hydrogen-bond donors (Lipinski definition) is 1. The zero-order valence-corrected chi connectivity index (χ0v) is 16.2. The smallest absolute Gasteiger partial charge is 0.137 e. The fourth-order valence-corrected chi connectivity index (χ4v) is 3.57. The summed E-state index contributed by atoms with van der Waals surface area (Å²) < 4.78 is 31.3. The summed E-state index contributed by atoms with van der Waals surface area (Å²) in [6.45, 7) is -0.170. The van der Waals surface area contributed by atoms with Crippen LogP contribution in [0.3, 0.4) is 0 Å². The zero-order valence-electron chi connectivity index (χ0n) is 16.2. The van der Waals surface area contributed by atoms with Crippen LogP contribution in [0.25, 0.3) is 0 Å². The highest BCUT2D eigenvalue weighted by Crippen LogP contribution is 2.38. The third kappa shape index (κ3) is 4.17. The zero-order chi connectivity index (χ0) is 21.8. The highest BCUT2D eigenvalue weighted by atomic mass is 19.1. The summed E-state index contributed by atoms with van der Waals surface area (Å²) in [7, 11) is 0. The van der Waals surface area contributed by atoms with Gasteiger partial charge < -0.3 is 5.11 Å². The van der Waals surface area contributed by atoms with Gasteiger partial charge in [-0.1, -0.05) is 18.2 Å². The molecule has 0 amide bonds. The lowest BCUT2D eigenvalue weighted by atomic mass is 9.82. The summed E-state index contributed by atoms with van der Waals surface area (Å²) >= 11 is 0. The molecule has 0 spiro atoms. The largest absolute Gasteiger partial charge is 0.381 e. The molecule has 2 heterocycles. The second kappa shape index (κ2) is 8.41. The van der Waals surface area contributed by atoms with Crippen molar-refractivity contribution in [2.24, 2.45) is 0 Å². The van der Waals surface area contributed by atoms with E-state index in [1.165, 1.54) is 40.7 Å². The van der Waals surface area contributed by atoms with Gasteiger partial charge in [0.1, 0.15) is 42.5 Å². The maximum absolute atomic E-state index is 14.9. The Bertz CT molecular complexity index is 1190. The van der Waals surface area contributed by atoms with Gasteiger partial charge in [0.2, 0.25) is 0 Å². The van der Waals surface area contributed by atoms with E-state index < -0.39 is 23.3 Å². The summed E-state index contributed by atoms with van der Waals surface area (Å²) in [5.41, 5.74) is -0.742. The molecule has 4 aromatic rings. The van der Waals surface area contributed by atoms with Crippen LogP contribution in [0.1, 0.15) is 22.7 Å². The highest BCUT2D eigenvalue weighted by molar-refractivity contribution is 5.33. The van der Waals surface area contributed by atoms with E-state index in [4.69, 9.17) is 5.26 Å². The first-order valence-electron chi connectivity index (χ1n) is 9.33. The number of rotatable bonds is 7. The van der Waals surface area contributed by atoms with Crippen molar-refractivity contribution in [1.82, 2.24) is 29.5 Å². The van der Waals surface area contributed by atoms with Crippen LogP contribution in [0.5, 0.6) is 0 Å². The Morgan fingerprint density at radius 1 is 1.03 bits per heavy atom. The molecule has 0 radical (unpaired) electrons. The Balaban J connectivity index is 1.83. The first-order chi connectivity index (χ1) is 15.0. The van der Waals surface area contributed by atoms with Gasteiger partial charge in [-0.05, 0) is 30.2 Å². The minimum Gasteiger partial charge on any atom is -0.381 e. The minimum absolute atomic E-state index is 0.112. The first-order valence-corrected chi connectivity index (χ1v) is 9.33. The van der Waals surface area contributed by atoms with Crippen LogP contribution in [-0.4, -0.2) is 34.6 Å². The lowest BCUT2D eigenvalue weighted by molar-refractivity contribution is -0.0435. The maximum atomic E-state index is 14.9. The molecule has 0 aliphatic carbocycles. The molecule has 2 aromatic carbocycles. The summed E-state index contributed by atoms with van der Waals surface area (Å²) in [6, 6.07) is 11.0. The van der Waals surface area contributed by atoms with Gasteiger partial charge in [-0.2, -0.15) is 15.5 Å². The van der Waals surface area contributed by atoms with Crippen molar-refractivity contribution in [2.45, 2.75) is 24.6 Å². The summed E-state index contributed by atoms with van der Waals surface area (Å²) in [6.07, 6.45) is 5.64. The molecule has 8 nitrogen and oxygen atoms in total. The predicted molar refractivity (Wildman–Crippen MR) is 104 cm³/mol. The fraction of sp³-hybridized carbons (Fsp3) is 0.190. The molecule has 156 valence electrons. The van der Waals surface area contributed by atoms with E-state index in [2.05, 4.69) is 26.2 Å². The van der Waals surface area contributed by atoms with E-state index in [0.29, 0.717) is 5.56 Å². The van der Waals surface area contributed by atoms with Gasteiger partial charge in [-0.3, -0.25) is 0 Å². The van der Waals surface area contributed by atoms with Crippen LogP contribution >= 0.6 is 0 Å². The average Bonchev–Trinajstić information content (AvgIpc) is 3.46. The maximum Gasteiger partial charge on any atom is 0.137 e. The number of benzene rings is 2. The molecular weight excluding hydrogens is 404 g/mol. The molecule has 2 atom stereocenters. The van der Waals surface area contributed by atoms with Crippen LogP contribution in [-0.2, 0) is 18.6 Å². The number of hydrogen-bond acceptors (Lipinski definition) is 6. The second-order valence-electron chi connectivity index (χ2n) is 7.05. The van der Waals surface area contributed by atoms with Crippen molar-refractivity contribution in [3.05, 3.63) is 96.1 Å². The average molecular weight is 421 g/mol. The standard InChI is InChI=1S/C21H17F2N7O/c22-17-5-6-18(19(23)8-17)21(31,10-29-13-25-11-27-29)20(30-14-26-12-28-30)7-15-1-3-16(9-24)4-2-15/h1-6,8,11-14,20,31H,7,10H2. The highest BCUT2D eigenvalue weighted by Gasteiger charge is 2.43. The van der Waals surface area contributed by atoms with Crippen LogP contribution in [0.2, 0.25) is 0 Å². The third-order valence-electron chi connectivity index (χ3n) is 5.09. The number of nitrogens with zero attached hydrogens (tertiary/aromatic N) is 7. The van der Waals surface area contributed by atoms with E-state index in [1.807, 2.05) is 0 Å². The number of aromatic nitrogens is 6. The molecular formula is C21H17F2N7O. The second-order valence-corrected chi connectivity index (χ2v) is 7.05. The third-order valence-corrected chi connectivity index (χ3v) is 5.09. The van der Waals surface area contributed by atoms with Crippen LogP contribution < -0.4 is 0 Å². The van der Waals surface area contributed by atoms with Gasteiger partial charge in [-0.15, -0.1) is 0 Å². The van der Waals surface area contributed by atoms with Gasteiger partial charge in [0.25, 0.3) is 0 Å². The van der Waals surface area contributed by atoms with Gasteiger partial charge in [0.15, 0.2) is 0 Å². The van der Waals surface area contributed by atoms with Crippen molar-refractivity contribution >= 4 is 0 Å². The number of aliphatic hydroxyl groups is 1. The Labute approximate surface area is 176 Å². The van der Waals surface area contributed by atoms with Crippen LogP contribution in [0.15, 0.2) is 67.8 Å². The van der Waals surface area contributed by atoms with E-state index in [0.717, 1.165) is 17.7 Å². The molecule has 0 saturated carbocycles. The Morgan fingerprint density at radius 2 is 1.77 bits per heavy atom. The normalized spacial score (nSPS) is 14.0. The van der Waals surface area contributed by atoms with Crippen molar-refractivity contribution in [2.75, 3.05) is 0 Å². The Hall–Kier alpha value is -3.97. The van der Waals surface area contributed by atoms with Gasteiger partial charge >= 0.3 is 0 Å². The molecule has 0 bridgehead atoms. The SMILES string of the molecule is N#Cc1ccc(CC(n2cncn2)C(O)(Cn2cncn2)c2ccc(F)cc2F)cc1. The van der Waals surface area contributed by atoms with Crippen molar-refractivity contribution < 1.29 is 13.9 Å². The molecule has 10 heteroatoms. The molecule has 31 heavy (non-hydrogen) atoms. The molecule has 2 unspecified atom stereocenters. The Kier molecular flexibility index (Phi) is 5.51. The quantitative estimate of drug-likeness (QED) is 0.491.